The van der Waals surface area contributed by atoms with E-state index < -0.39 is 5.97 Å². The highest BCUT2D eigenvalue weighted by Gasteiger charge is 2.24. The molecule has 1 rings (SSSR count). The molecular weight excluding hydrogens is 355 g/mol. The molecule has 2 N–H and O–H groups in total. The van der Waals surface area contributed by atoms with Crippen molar-refractivity contribution in [2.45, 2.75) is 40.7 Å². The second kappa shape index (κ2) is 7.28. The average molecular weight is 380 g/mol. The minimum absolute atomic E-state index is 0. The summed E-state index contributed by atoms with van der Waals surface area (Å²) in [7, 11) is 2.20. The van der Waals surface area contributed by atoms with Crippen molar-refractivity contribution in [1.82, 2.24) is 4.98 Å². The summed E-state index contributed by atoms with van der Waals surface area (Å²) < 4.78 is 0.923. The molecule has 1 aromatic heterocycles. The maximum atomic E-state index is 11.2. The molecule has 0 aliphatic carbocycles. The summed E-state index contributed by atoms with van der Waals surface area (Å²) in [5, 5.41) is 9.18. The zero-order chi connectivity index (χ0) is 13.9. The quantitative estimate of drug-likeness (QED) is 0.520. The lowest BCUT2D eigenvalue weighted by atomic mass is 10.1. The molecule has 0 unspecified atom stereocenters. The zero-order valence-corrected chi connectivity index (χ0v) is 14.7. The van der Waals surface area contributed by atoms with Crippen LogP contribution < -0.4 is 24.0 Å². The van der Waals surface area contributed by atoms with E-state index in [-0.39, 0.29) is 24.0 Å². The van der Waals surface area contributed by atoms with Gasteiger partial charge in [0.2, 0.25) is 0 Å². The molecule has 0 saturated heterocycles. The van der Waals surface area contributed by atoms with Gasteiger partial charge in [-0.25, -0.2) is 4.79 Å². The number of hydrogen-bond donors (Lipinski definition) is 2. The van der Waals surface area contributed by atoms with Gasteiger partial charge in [-0.3, -0.25) is 0 Å². The summed E-state index contributed by atoms with van der Waals surface area (Å²) >= 11 is 0. The summed E-state index contributed by atoms with van der Waals surface area (Å²) in [6.45, 7) is 11.3. The number of carboxylic acids is 1. The van der Waals surface area contributed by atoms with Crippen LogP contribution in [0.5, 0.6) is 0 Å². The standard InChI is InChI=1S/C14H24N2O2.HI/c1-6-11-10(4)13(14(17)18)15-12(11)9-16(5,7-2)8-3;/h15H,6-9H2,1-5H3;1H. The van der Waals surface area contributed by atoms with Crippen LogP contribution in [0, 0.1) is 6.92 Å². The molecule has 0 aliphatic rings. The average Bonchev–Trinajstić information content (AvgIpc) is 2.65. The van der Waals surface area contributed by atoms with Crippen molar-refractivity contribution in [1.29, 1.82) is 0 Å². The number of H-pyrrole nitrogens is 1. The normalized spacial score (nSPS) is 11.2. The number of aromatic carboxylic acids is 1. The maximum Gasteiger partial charge on any atom is 0.352 e. The van der Waals surface area contributed by atoms with Gasteiger partial charge in [0.15, 0.2) is 0 Å². The fourth-order valence-corrected chi connectivity index (χ4v) is 2.35. The second-order valence-corrected chi connectivity index (χ2v) is 5.15. The molecule has 1 heterocycles. The molecule has 0 atom stereocenters. The number of aromatic amines is 1. The Labute approximate surface area is 132 Å². The molecule has 0 aliphatic heterocycles. The first kappa shape index (κ1) is 18.4. The van der Waals surface area contributed by atoms with Gasteiger partial charge in [-0.1, -0.05) is 6.92 Å². The predicted octanol–water partition coefficient (Wildman–Crippen LogP) is -0.426. The van der Waals surface area contributed by atoms with Crippen LogP contribution in [0.25, 0.3) is 0 Å². The highest BCUT2D eigenvalue weighted by molar-refractivity contribution is 5.88. The Kier molecular flexibility index (Phi) is 7.07. The van der Waals surface area contributed by atoms with Crippen LogP contribution in [-0.4, -0.2) is 40.7 Å². The van der Waals surface area contributed by atoms with E-state index in [2.05, 4.69) is 32.8 Å². The SMILES string of the molecule is CCc1c(C[N+](C)(CC)CC)[nH]c(C(=O)O)c1C.[I-]. The minimum atomic E-state index is -0.865. The van der Waals surface area contributed by atoms with E-state index in [9.17, 15) is 9.90 Å². The third-order valence-electron chi connectivity index (χ3n) is 4.10. The molecule has 110 valence electrons. The van der Waals surface area contributed by atoms with Crippen molar-refractivity contribution in [3.8, 4) is 0 Å². The van der Waals surface area contributed by atoms with Gasteiger partial charge < -0.3 is 38.6 Å². The van der Waals surface area contributed by atoms with Crippen LogP contribution in [0.1, 0.15) is 48.1 Å². The Hall–Kier alpha value is -0.560. The van der Waals surface area contributed by atoms with Crippen LogP contribution in [0.2, 0.25) is 0 Å². The highest BCUT2D eigenvalue weighted by Crippen LogP contribution is 2.22. The second-order valence-electron chi connectivity index (χ2n) is 5.15. The summed E-state index contributed by atoms with van der Waals surface area (Å²) in [5.74, 6) is -0.865. The van der Waals surface area contributed by atoms with Crippen molar-refractivity contribution in [2.24, 2.45) is 0 Å². The predicted molar refractivity (Wildman–Crippen MR) is 72.8 cm³/mol. The van der Waals surface area contributed by atoms with E-state index in [0.29, 0.717) is 5.69 Å². The molecule has 4 nitrogen and oxygen atoms in total. The molecule has 0 bridgehead atoms. The van der Waals surface area contributed by atoms with Crippen molar-refractivity contribution in [3.63, 3.8) is 0 Å². The van der Waals surface area contributed by atoms with E-state index >= 15 is 0 Å². The molecule has 0 saturated carbocycles. The smallest absolute Gasteiger partial charge is 0.352 e. The Bertz CT molecular complexity index is 437. The van der Waals surface area contributed by atoms with Crippen molar-refractivity contribution >= 4 is 5.97 Å². The van der Waals surface area contributed by atoms with Crippen LogP contribution in [0.3, 0.4) is 0 Å². The van der Waals surface area contributed by atoms with Gasteiger partial charge in [-0.15, -0.1) is 0 Å². The first-order chi connectivity index (χ1) is 8.38. The number of quaternary nitrogens is 1. The number of rotatable bonds is 6. The number of carboxylic acid groups (broad SMARTS) is 1. The number of nitrogens with zero attached hydrogens (tertiary/aromatic N) is 1. The van der Waals surface area contributed by atoms with Gasteiger partial charge in [0.05, 0.1) is 25.8 Å². The van der Waals surface area contributed by atoms with Gasteiger partial charge >= 0.3 is 5.97 Å². The molecule has 5 heteroatoms. The molecule has 0 fully saturated rings. The summed E-state index contributed by atoms with van der Waals surface area (Å²) in [4.78, 5) is 14.3. The van der Waals surface area contributed by atoms with Gasteiger partial charge in [-0.2, -0.15) is 0 Å². The van der Waals surface area contributed by atoms with Crippen LogP contribution >= 0.6 is 0 Å². The minimum Gasteiger partial charge on any atom is -1.00 e. The Morgan fingerprint density at radius 1 is 1.26 bits per heavy atom. The number of nitrogens with one attached hydrogen (secondary N) is 1. The highest BCUT2D eigenvalue weighted by atomic mass is 127. The largest absolute Gasteiger partial charge is 1.00 e. The first-order valence-electron chi connectivity index (χ1n) is 6.65. The summed E-state index contributed by atoms with van der Waals surface area (Å²) in [6, 6.07) is 0. The molecule has 0 amide bonds. The molecule has 0 spiro atoms. The van der Waals surface area contributed by atoms with Crippen molar-refractivity contribution < 1.29 is 38.4 Å². The fraction of sp³-hybridized carbons (Fsp3) is 0.643. The maximum absolute atomic E-state index is 11.2. The first-order valence-corrected chi connectivity index (χ1v) is 6.65. The number of carbonyl (C=O) groups is 1. The lowest BCUT2D eigenvalue weighted by molar-refractivity contribution is -0.919. The van der Waals surface area contributed by atoms with Crippen LogP contribution in [0.4, 0.5) is 0 Å². The lowest BCUT2D eigenvalue weighted by Crippen LogP contribution is -3.00. The molecular formula is C14H25IN2O2. The van der Waals surface area contributed by atoms with Crippen LogP contribution in [0.15, 0.2) is 0 Å². The van der Waals surface area contributed by atoms with E-state index in [0.717, 1.165) is 41.8 Å². The number of aromatic nitrogens is 1. The van der Waals surface area contributed by atoms with Gasteiger partial charge in [-0.05, 0) is 38.3 Å². The number of halogens is 1. The van der Waals surface area contributed by atoms with E-state index in [1.165, 1.54) is 5.56 Å². The lowest BCUT2D eigenvalue weighted by Gasteiger charge is -2.32. The Morgan fingerprint density at radius 2 is 1.79 bits per heavy atom. The third kappa shape index (κ3) is 3.95. The Balaban J connectivity index is 0.00000324. The van der Waals surface area contributed by atoms with Crippen molar-refractivity contribution in [3.05, 3.63) is 22.5 Å². The topological polar surface area (TPSA) is 53.1 Å². The molecule has 0 radical (unpaired) electrons. The zero-order valence-electron chi connectivity index (χ0n) is 12.5. The van der Waals surface area contributed by atoms with Gasteiger partial charge in [0.1, 0.15) is 12.2 Å². The van der Waals surface area contributed by atoms with E-state index in [1.807, 2.05) is 6.92 Å². The number of hydrogen-bond acceptors (Lipinski definition) is 1. The Morgan fingerprint density at radius 3 is 2.16 bits per heavy atom. The summed E-state index contributed by atoms with van der Waals surface area (Å²) in [6.07, 6.45) is 0.873. The van der Waals surface area contributed by atoms with Crippen LogP contribution in [-0.2, 0) is 13.0 Å². The molecule has 0 aromatic carbocycles. The monoisotopic (exact) mass is 380 g/mol. The molecule has 1 aromatic rings. The van der Waals surface area contributed by atoms with Gasteiger partial charge in [0, 0.05) is 0 Å². The van der Waals surface area contributed by atoms with E-state index in [1.54, 1.807) is 0 Å². The molecule has 19 heavy (non-hydrogen) atoms. The summed E-state index contributed by atoms with van der Waals surface area (Å²) in [5.41, 5.74) is 3.48. The fourth-order valence-electron chi connectivity index (χ4n) is 2.35. The van der Waals surface area contributed by atoms with Gasteiger partial charge in [0.25, 0.3) is 0 Å². The van der Waals surface area contributed by atoms with E-state index in [4.69, 9.17) is 0 Å². The third-order valence-corrected chi connectivity index (χ3v) is 4.10. The van der Waals surface area contributed by atoms with Crippen molar-refractivity contribution in [2.75, 3.05) is 20.1 Å².